The Balaban J connectivity index is 0.00000193. The predicted molar refractivity (Wildman–Crippen MR) is 191 cm³/mol. The van der Waals surface area contributed by atoms with Crippen molar-refractivity contribution in [1.29, 1.82) is 0 Å². The first kappa shape index (κ1) is 34.9. The zero-order valence-corrected chi connectivity index (χ0v) is 34.1. The molecule has 5 aliphatic rings. The molecule has 0 nitrogen and oxygen atoms in total. The van der Waals surface area contributed by atoms with Gasteiger partial charge in [0.1, 0.15) is 0 Å². The van der Waals surface area contributed by atoms with E-state index in [2.05, 4.69) is 121 Å². The van der Waals surface area contributed by atoms with Crippen LogP contribution in [0, 0.1) is 5.92 Å². The molecule has 0 aromatic heterocycles. The Morgan fingerprint density at radius 1 is 0.787 bits per heavy atom. The van der Waals surface area contributed by atoms with Crippen molar-refractivity contribution in [3.8, 4) is 22.3 Å². The molecule has 0 N–H and O–H groups in total. The number of fused-ring (bicyclic) bond motifs is 2. The van der Waals surface area contributed by atoms with Crippen molar-refractivity contribution in [1.82, 2.24) is 0 Å². The van der Waals surface area contributed by atoms with Crippen molar-refractivity contribution < 1.29 is 49.5 Å². The van der Waals surface area contributed by atoms with Crippen LogP contribution in [0.1, 0.15) is 98.0 Å². The van der Waals surface area contributed by atoms with E-state index in [1.807, 2.05) is 0 Å². The number of hydrogen-bond acceptors (Lipinski definition) is 0. The van der Waals surface area contributed by atoms with Crippen LogP contribution in [-0.4, -0.2) is 8.07 Å². The predicted octanol–water partition coefficient (Wildman–Crippen LogP) is 4.67. The molecule has 2 aliphatic heterocycles. The van der Waals surface area contributed by atoms with Gasteiger partial charge in [-0.15, -0.1) is 0 Å². The van der Waals surface area contributed by atoms with Crippen molar-refractivity contribution >= 4 is 22.1 Å². The average Bonchev–Trinajstić information content (AvgIpc) is 3.73. The summed E-state index contributed by atoms with van der Waals surface area (Å²) in [5.41, 5.74) is 24.1. The maximum atomic E-state index is 2.71. The summed E-state index contributed by atoms with van der Waals surface area (Å²) in [4.78, 5) is 0. The maximum absolute atomic E-state index is 2.71. The smallest absolute Gasteiger partial charge is 1.00 e. The largest absolute Gasteiger partial charge is 1.00 e. The van der Waals surface area contributed by atoms with Gasteiger partial charge < -0.3 is 24.8 Å². The molecule has 3 aliphatic carbocycles. The summed E-state index contributed by atoms with van der Waals surface area (Å²) in [5.74, 6) is 0.606. The van der Waals surface area contributed by atoms with E-state index in [1.165, 1.54) is 71.8 Å². The summed E-state index contributed by atoms with van der Waals surface area (Å²) in [6, 6.07) is 26.3. The van der Waals surface area contributed by atoms with Gasteiger partial charge in [0, 0.05) is 0 Å². The average molecular weight is 752 g/mol. The molecule has 0 saturated heterocycles. The van der Waals surface area contributed by atoms with E-state index in [0.29, 0.717) is 11.5 Å². The van der Waals surface area contributed by atoms with Crippen LogP contribution in [0.25, 0.3) is 33.0 Å². The summed E-state index contributed by atoms with van der Waals surface area (Å²) in [5, 5.41) is 1.78. The molecule has 4 aromatic carbocycles. The van der Waals surface area contributed by atoms with E-state index >= 15 is 0 Å². The third kappa shape index (κ3) is 5.06. The normalized spacial score (nSPS) is 18.5. The van der Waals surface area contributed by atoms with Crippen LogP contribution in [0.15, 0.2) is 77.9 Å². The molecule has 2 heterocycles. The fourth-order valence-corrected chi connectivity index (χ4v) is 15.1. The van der Waals surface area contributed by atoms with Gasteiger partial charge in [0.2, 0.25) is 0 Å². The third-order valence-corrected chi connectivity index (χ3v) is 16.7. The molecule has 9 rings (SSSR count). The summed E-state index contributed by atoms with van der Waals surface area (Å²) >= 11 is 1.52. The first-order valence-electron chi connectivity index (χ1n) is 17.1. The van der Waals surface area contributed by atoms with Crippen LogP contribution < -0.4 is 28.1 Å². The second-order valence-corrected chi connectivity index (χ2v) is 21.8. The van der Waals surface area contributed by atoms with Gasteiger partial charge in [0.15, 0.2) is 0 Å². The topological polar surface area (TPSA) is 0 Å². The number of benzene rings is 4. The van der Waals surface area contributed by atoms with Gasteiger partial charge in [0.05, 0.1) is 0 Å². The third-order valence-electron chi connectivity index (χ3n) is 11.5. The summed E-state index contributed by atoms with van der Waals surface area (Å²) in [6.07, 6.45) is 4.77. The van der Waals surface area contributed by atoms with Crippen LogP contribution in [0.2, 0.25) is 13.1 Å². The van der Waals surface area contributed by atoms with E-state index in [-0.39, 0.29) is 30.2 Å². The van der Waals surface area contributed by atoms with Gasteiger partial charge in [0.25, 0.3) is 0 Å². The minimum absolute atomic E-state index is 0. The standard InChI is InChI=1S/C43H45Si.2ClH.Zr/c1-25(2)37-41-36-24-30(23-33(40(36)42(37)44(41,7)8)27-17-19-31(20-18-27)43(4,5)6)38-26(3)21-34-35(38)22-29-15-12-16-32(29)39(34)28-13-10-9-11-14-28;;;/h9-11,13-14,17-20,22,24-25,41H,12,15-16,21H2,1-8H3;2*1H;/q;;;+2/p-2. The molecule has 4 aromatic rings. The Hall–Kier alpha value is -1.96. The SMILES string of the molecule is CC1=C(c2cc3c(c(-c4ccc(C(C)(C)C)cc4)[c]2[Zr+2])C2=C(C(C)C)C3[Si]2(C)C)c2cc3c(c(-c4ccccc4)c2C1)CCC3.[Cl-].[Cl-]. The van der Waals surface area contributed by atoms with Crippen molar-refractivity contribution in [3.05, 3.63) is 122 Å². The Kier molecular flexibility index (Phi) is 9.00. The van der Waals surface area contributed by atoms with E-state index < -0.39 is 8.07 Å². The van der Waals surface area contributed by atoms with Gasteiger partial charge >= 0.3 is 289 Å². The van der Waals surface area contributed by atoms with Crippen LogP contribution in [-0.2, 0) is 49.4 Å². The van der Waals surface area contributed by atoms with Gasteiger partial charge in [-0.2, -0.15) is 0 Å². The van der Waals surface area contributed by atoms with E-state index in [0.717, 1.165) is 6.42 Å². The minimum atomic E-state index is -1.55. The zero-order chi connectivity index (χ0) is 31.6. The molecule has 0 saturated carbocycles. The van der Waals surface area contributed by atoms with Crippen molar-refractivity contribution in [3.63, 3.8) is 0 Å². The molecule has 0 spiro atoms. The van der Waals surface area contributed by atoms with Gasteiger partial charge in [-0.3, -0.25) is 0 Å². The van der Waals surface area contributed by atoms with Crippen molar-refractivity contribution in [2.45, 2.75) is 91.3 Å². The molecule has 4 heteroatoms. The molecular weight excluding hydrogens is 707 g/mol. The molecule has 1 unspecified atom stereocenters. The summed E-state index contributed by atoms with van der Waals surface area (Å²) in [6.45, 7) is 19.5. The molecule has 47 heavy (non-hydrogen) atoms. The van der Waals surface area contributed by atoms with E-state index in [4.69, 9.17) is 0 Å². The fourth-order valence-electron chi connectivity index (χ4n) is 9.55. The number of rotatable bonds is 4. The quantitative estimate of drug-likeness (QED) is 0.266. The van der Waals surface area contributed by atoms with Crippen molar-refractivity contribution in [2.75, 3.05) is 0 Å². The van der Waals surface area contributed by atoms with Gasteiger partial charge in [-0.05, 0) is 0 Å². The fraction of sp³-hybridized carbons (Fsp3) is 0.349. The first-order valence-corrected chi connectivity index (χ1v) is 21.4. The Bertz CT molecular complexity index is 1990. The molecule has 239 valence electrons. The minimum Gasteiger partial charge on any atom is -1.00 e. The molecule has 0 amide bonds. The second-order valence-electron chi connectivity index (χ2n) is 16.1. The van der Waals surface area contributed by atoms with Crippen LogP contribution >= 0.6 is 0 Å². The maximum Gasteiger partial charge on any atom is -1.00 e. The van der Waals surface area contributed by atoms with Gasteiger partial charge in [-0.25, -0.2) is 0 Å². The zero-order valence-electron chi connectivity index (χ0n) is 29.1. The number of allylic oxidation sites excluding steroid dienone is 2. The second kappa shape index (κ2) is 12.1. The van der Waals surface area contributed by atoms with Crippen molar-refractivity contribution in [2.24, 2.45) is 5.92 Å². The molecule has 2 bridgehead atoms. The van der Waals surface area contributed by atoms with E-state index in [9.17, 15) is 0 Å². The summed E-state index contributed by atoms with van der Waals surface area (Å²) < 4.78 is 1.56. The monoisotopic (exact) mass is 749 g/mol. The number of aryl methyl sites for hydroxylation is 1. The Morgan fingerprint density at radius 3 is 2.09 bits per heavy atom. The Morgan fingerprint density at radius 2 is 1.45 bits per heavy atom. The van der Waals surface area contributed by atoms with E-state index in [1.54, 1.807) is 64.1 Å². The Labute approximate surface area is 311 Å². The first-order chi connectivity index (χ1) is 21.4. The van der Waals surface area contributed by atoms with Crippen LogP contribution in [0.4, 0.5) is 0 Å². The van der Waals surface area contributed by atoms with Gasteiger partial charge in [-0.1, -0.05) is 0 Å². The van der Waals surface area contributed by atoms with Crippen LogP contribution in [0.3, 0.4) is 0 Å². The summed E-state index contributed by atoms with van der Waals surface area (Å²) in [7, 11) is -1.55. The number of hydrogen-bond donors (Lipinski definition) is 0. The molecular formula is C43H45Cl2SiZr. The molecule has 1 atom stereocenters. The number of halogens is 2. The molecule has 0 fully saturated rings. The van der Waals surface area contributed by atoms with Crippen LogP contribution in [0.5, 0.6) is 0 Å². The molecule has 0 radical (unpaired) electrons.